The van der Waals surface area contributed by atoms with Crippen molar-refractivity contribution in [2.75, 3.05) is 26.7 Å². The van der Waals surface area contributed by atoms with Crippen molar-refractivity contribution >= 4 is 11.8 Å². The number of carbonyl (C=O) groups is 2. The SMILES string of the molecule is COc1cccc(CNC(=O)C2CCCN(C3CNNC(=O)C3)C2)c1. The zero-order valence-electron chi connectivity index (χ0n) is 14.6. The first kappa shape index (κ1) is 17.7. The molecular formula is C18H26N4O3. The molecule has 2 amide bonds. The molecule has 3 rings (SSSR count). The number of rotatable bonds is 5. The molecule has 3 N–H and O–H groups in total. The molecule has 0 spiro atoms. The Morgan fingerprint density at radius 1 is 1.44 bits per heavy atom. The smallest absolute Gasteiger partial charge is 0.235 e. The van der Waals surface area contributed by atoms with Crippen LogP contribution in [-0.4, -0.2) is 49.5 Å². The van der Waals surface area contributed by atoms with Gasteiger partial charge in [-0.2, -0.15) is 0 Å². The molecule has 0 bridgehead atoms. The summed E-state index contributed by atoms with van der Waals surface area (Å²) in [5.41, 5.74) is 6.58. The molecule has 2 unspecified atom stereocenters. The molecule has 0 aliphatic carbocycles. The third kappa shape index (κ3) is 4.70. The zero-order valence-corrected chi connectivity index (χ0v) is 14.6. The molecular weight excluding hydrogens is 320 g/mol. The van der Waals surface area contributed by atoms with Crippen LogP contribution in [0.1, 0.15) is 24.8 Å². The summed E-state index contributed by atoms with van der Waals surface area (Å²) in [6.45, 7) is 2.88. The highest BCUT2D eigenvalue weighted by molar-refractivity contribution is 5.79. The summed E-state index contributed by atoms with van der Waals surface area (Å²) in [5.74, 6) is 0.865. The van der Waals surface area contributed by atoms with Gasteiger partial charge in [0.2, 0.25) is 11.8 Å². The van der Waals surface area contributed by atoms with Crippen LogP contribution in [0.15, 0.2) is 24.3 Å². The van der Waals surface area contributed by atoms with Gasteiger partial charge in [0, 0.05) is 32.1 Å². The third-order valence-corrected chi connectivity index (χ3v) is 4.93. The Kier molecular flexibility index (Phi) is 5.88. The maximum absolute atomic E-state index is 12.6. The highest BCUT2D eigenvalue weighted by Crippen LogP contribution is 2.21. The van der Waals surface area contributed by atoms with Crippen molar-refractivity contribution in [3.8, 4) is 5.75 Å². The number of hydrogen-bond acceptors (Lipinski definition) is 5. The number of likely N-dealkylation sites (tertiary alicyclic amines) is 1. The normalized spacial score (nSPS) is 24.4. The first-order valence-corrected chi connectivity index (χ1v) is 8.82. The molecule has 0 saturated carbocycles. The second-order valence-corrected chi connectivity index (χ2v) is 6.69. The van der Waals surface area contributed by atoms with Gasteiger partial charge in [0.1, 0.15) is 5.75 Å². The lowest BCUT2D eigenvalue weighted by Crippen LogP contribution is -2.57. The zero-order chi connectivity index (χ0) is 17.6. The van der Waals surface area contributed by atoms with E-state index in [4.69, 9.17) is 4.74 Å². The first-order chi connectivity index (χ1) is 12.2. The van der Waals surface area contributed by atoms with Gasteiger partial charge in [0.15, 0.2) is 0 Å². The van der Waals surface area contributed by atoms with Crippen molar-refractivity contribution in [2.45, 2.75) is 31.8 Å². The fraction of sp³-hybridized carbons (Fsp3) is 0.556. The van der Waals surface area contributed by atoms with Crippen molar-refractivity contribution in [1.29, 1.82) is 0 Å². The van der Waals surface area contributed by atoms with Gasteiger partial charge in [-0.3, -0.25) is 19.9 Å². The summed E-state index contributed by atoms with van der Waals surface area (Å²) in [6.07, 6.45) is 2.37. The van der Waals surface area contributed by atoms with E-state index in [9.17, 15) is 9.59 Å². The van der Waals surface area contributed by atoms with Crippen LogP contribution in [0.5, 0.6) is 5.75 Å². The fourth-order valence-electron chi connectivity index (χ4n) is 3.53. The molecule has 0 aromatic heterocycles. The second kappa shape index (κ2) is 8.31. The Morgan fingerprint density at radius 2 is 2.32 bits per heavy atom. The van der Waals surface area contributed by atoms with Crippen LogP contribution in [0.4, 0.5) is 0 Å². The highest BCUT2D eigenvalue weighted by Gasteiger charge is 2.32. The minimum absolute atomic E-state index is 0.0147. The molecule has 2 atom stereocenters. The Balaban J connectivity index is 1.52. The molecule has 2 saturated heterocycles. The van der Waals surface area contributed by atoms with Gasteiger partial charge >= 0.3 is 0 Å². The number of methoxy groups -OCH3 is 1. The van der Waals surface area contributed by atoms with Crippen LogP contribution in [0, 0.1) is 5.92 Å². The van der Waals surface area contributed by atoms with Crippen LogP contribution >= 0.6 is 0 Å². The summed E-state index contributed by atoms with van der Waals surface area (Å²) >= 11 is 0. The number of amides is 2. The summed E-state index contributed by atoms with van der Waals surface area (Å²) in [6, 6.07) is 7.88. The Bertz CT molecular complexity index is 622. The topological polar surface area (TPSA) is 82.7 Å². The van der Waals surface area contributed by atoms with E-state index in [1.165, 1.54) is 0 Å². The monoisotopic (exact) mass is 346 g/mol. The molecule has 1 aromatic carbocycles. The van der Waals surface area contributed by atoms with Crippen LogP contribution in [-0.2, 0) is 16.1 Å². The largest absolute Gasteiger partial charge is 0.497 e. The van der Waals surface area contributed by atoms with E-state index in [0.29, 0.717) is 19.5 Å². The van der Waals surface area contributed by atoms with Gasteiger partial charge in [-0.25, -0.2) is 5.43 Å². The molecule has 2 heterocycles. The second-order valence-electron chi connectivity index (χ2n) is 6.69. The van der Waals surface area contributed by atoms with Gasteiger partial charge in [-0.05, 0) is 37.1 Å². The standard InChI is InChI=1S/C18H26N4O3/c1-25-16-6-2-4-13(8-16)10-19-18(24)14-5-3-7-22(12-14)15-9-17(23)21-20-11-15/h2,4,6,8,14-15,20H,3,5,7,9-12H2,1H3,(H,19,24)(H,21,23). The average Bonchev–Trinajstić information content (AvgIpc) is 2.66. The van der Waals surface area contributed by atoms with Crippen LogP contribution < -0.4 is 20.9 Å². The number of piperidine rings is 1. The van der Waals surface area contributed by atoms with Gasteiger partial charge in [0.05, 0.1) is 13.0 Å². The van der Waals surface area contributed by atoms with E-state index in [2.05, 4.69) is 21.1 Å². The number of nitrogens with one attached hydrogen (secondary N) is 3. The van der Waals surface area contributed by atoms with Crippen molar-refractivity contribution in [3.63, 3.8) is 0 Å². The Morgan fingerprint density at radius 3 is 3.12 bits per heavy atom. The predicted molar refractivity (Wildman–Crippen MR) is 93.7 cm³/mol. The van der Waals surface area contributed by atoms with Crippen molar-refractivity contribution in [2.24, 2.45) is 5.92 Å². The quantitative estimate of drug-likeness (QED) is 0.720. The molecule has 7 nitrogen and oxygen atoms in total. The average molecular weight is 346 g/mol. The number of nitrogens with zero attached hydrogens (tertiary/aromatic N) is 1. The van der Waals surface area contributed by atoms with E-state index in [1.54, 1.807) is 7.11 Å². The highest BCUT2D eigenvalue weighted by atomic mass is 16.5. The van der Waals surface area contributed by atoms with Gasteiger partial charge in [-0.15, -0.1) is 0 Å². The summed E-state index contributed by atoms with van der Waals surface area (Å²) < 4.78 is 5.21. The minimum atomic E-state index is -0.0238. The van der Waals surface area contributed by atoms with E-state index >= 15 is 0 Å². The molecule has 2 aliphatic rings. The van der Waals surface area contributed by atoms with Crippen molar-refractivity contribution in [1.82, 2.24) is 21.1 Å². The lowest BCUT2D eigenvalue weighted by atomic mass is 9.94. The minimum Gasteiger partial charge on any atom is -0.497 e. The Labute approximate surface area is 148 Å². The predicted octanol–water partition coefficient (Wildman–Crippen LogP) is 0.417. The molecule has 136 valence electrons. The molecule has 2 aliphatic heterocycles. The van der Waals surface area contributed by atoms with Crippen LogP contribution in [0.2, 0.25) is 0 Å². The summed E-state index contributed by atoms with van der Waals surface area (Å²) in [7, 11) is 1.63. The number of carbonyl (C=O) groups excluding carboxylic acids is 2. The summed E-state index contributed by atoms with van der Waals surface area (Å²) in [5, 5.41) is 3.04. The van der Waals surface area contributed by atoms with Crippen LogP contribution in [0.25, 0.3) is 0 Å². The van der Waals surface area contributed by atoms with E-state index in [1.807, 2.05) is 24.3 Å². The van der Waals surface area contributed by atoms with Gasteiger partial charge in [-0.1, -0.05) is 12.1 Å². The number of hydrazine groups is 1. The van der Waals surface area contributed by atoms with E-state index in [-0.39, 0.29) is 23.8 Å². The lowest BCUT2D eigenvalue weighted by molar-refractivity contribution is -0.128. The van der Waals surface area contributed by atoms with Crippen LogP contribution in [0.3, 0.4) is 0 Å². The first-order valence-electron chi connectivity index (χ1n) is 8.82. The maximum atomic E-state index is 12.6. The Hall–Kier alpha value is -2.12. The van der Waals surface area contributed by atoms with E-state index < -0.39 is 0 Å². The number of benzene rings is 1. The molecule has 1 aromatic rings. The molecule has 25 heavy (non-hydrogen) atoms. The summed E-state index contributed by atoms with van der Waals surface area (Å²) in [4.78, 5) is 26.4. The number of ether oxygens (including phenoxy) is 1. The van der Waals surface area contributed by atoms with Crippen molar-refractivity contribution < 1.29 is 14.3 Å². The lowest BCUT2D eigenvalue weighted by Gasteiger charge is -2.39. The number of hydrogen-bond donors (Lipinski definition) is 3. The van der Waals surface area contributed by atoms with Gasteiger partial charge < -0.3 is 10.1 Å². The maximum Gasteiger partial charge on any atom is 0.235 e. The molecule has 2 fully saturated rings. The molecule has 7 heteroatoms. The third-order valence-electron chi connectivity index (χ3n) is 4.93. The van der Waals surface area contributed by atoms with Crippen molar-refractivity contribution in [3.05, 3.63) is 29.8 Å². The van der Waals surface area contributed by atoms with E-state index in [0.717, 1.165) is 37.2 Å². The van der Waals surface area contributed by atoms with Gasteiger partial charge in [0.25, 0.3) is 0 Å². The fourth-order valence-corrected chi connectivity index (χ4v) is 3.53. The molecule has 0 radical (unpaired) electrons.